The molecule has 2 aromatic carbocycles. The summed E-state index contributed by atoms with van der Waals surface area (Å²) in [7, 11) is 4.14. The van der Waals surface area contributed by atoms with Crippen LogP contribution in [0.1, 0.15) is 27.3 Å². The normalized spacial score (nSPS) is 10.9. The SMILES string of the molecule is Cc1cc(=O)c(C(=O)NCc2ccccc2C[NH+](C)C)nn1-c1ccccc1Cl. The molecule has 0 unspecified atom stereocenters. The molecule has 0 radical (unpaired) electrons. The van der Waals surface area contributed by atoms with Gasteiger partial charge in [-0.05, 0) is 24.6 Å². The average molecular weight is 412 g/mol. The second kappa shape index (κ2) is 9.03. The molecule has 0 saturated carbocycles. The zero-order valence-electron chi connectivity index (χ0n) is 16.7. The summed E-state index contributed by atoms with van der Waals surface area (Å²) in [4.78, 5) is 26.4. The number of carbonyl (C=O) groups excluding carboxylic acids is 1. The van der Waals surface area contributed by atoms with Gasteiger partial charge in [-0.3, -0.25) is 9.59 Å². The molecule has 150 valence electrons. The molecule has 29 heavy (non-hydrogen) atoms. The molecule has 3 aromatic rings. The molecule has 2 N–H and O–H groups in total. The van der Waals surface area contributed by atoms with Gasteiger partial charge in [0.15, 0.2) is 5.69 Å². The Bertz CT molecular complexity index is 1090. The standard InChI is InChI=1S/C22H23ClN4O2/c1-15-12-20(28)21(25-27(15)19-11-7-6-10-18(19)23)22(29)24-13-16-8-4-5-9-17(16)14-26(2)3/h4-12H,13-14H2,1-3H3,(H,24,29)/p+1. The molecule has 1 amide bonds. The monoisotopic (exact) mass is 411 g/mol. The Labute approximate surface area is 174 Å². The minimum atomic E-state index is -0.511. The number of carbonyl (C=O) groups is 1. The lowest BCUT2D eigenvalue weighted by Crippen LogP contribution is -3.04. The van der Waals surface area contributed by atoms with Gasteiger partial charge in [0.1, 0.15) is 6.54 Å². The van der Waals surface area contributed by atoms with E-state index in [2.05, 4.69) is 24.5 Å². The third-order valence-corrected chi connectivity index (χ3v) is 4.82. The molecule has 0 saturated heterocycles. The number of quaternary nitrogens is 1. The first-order valence-corrected chi connectivity index (χ1v) is 9.74. The fraction of sp³-hybridized carbons (Fsp3) is 0.227. The molecule has 0 aliphatic carbocycles. The molecule has 6 nitrogen and oxygen atoms in total. The van der Waals surface area contributed by atoms with E-state index in [9.17, 15) is 9.59 Å². The number of halogens is 1. The molecular weight excluding hydrogens is 388 g/mol. The van der Waals surface area contributed by atoms with Gasteiger partial charge in [-0.1, -0.05) is 48.0 Å². The number of benzene rings is 2. The van der Waals surface area contributed by atoms with Gasteiger partial charge in [0.25, 0.3) is 5.91 Å². The molecule has 0 fully saturated rings. The Hall–Kier alpha value is -2.96. The predicted octanol–water partition coefficient (Wildman–Crippen LogP) is 1.77. The van der Waals surface area contributed by atoms with Crippen LogP contribution in [-0.4, -0.2) is 29.8 Å². The highest BCUT2D eigenvalue weighted by Crippen LogP contribution is 2.19. The highest BCUT2D eigenvalue weighted by atomic mass is 35.5. The highest BCUT2D eigenvalue weighted by Gasteiger charge is 2.17. The zero-order chi connectivity index (χ0) is 21.0. The van der Waals surface area contributed by atoms with Crippen molar-refractivity contribution in [2.45, 2.75) is 20.0 Å². The number of amides is 1. The maximum absolute atomic E-state index is 12.7. The number of nitrogens with one attached hydrogen (secondary N) is 2. The van der Waals surface area contributed by atoms with Gasteiger partial charge in [-0.2, -0.15) is 5.10 Å². The Morgan fingerprint density at radius 2 is 1.76 bits per heavy atom. The topological polar surface area (TPSA) is 68.4 Å². The van der Waals surface area contributed by atoms with Gasteiger partial charge >= 0.3 is 0 Å². The summed E-state index contributed by atoms with van der Waals surface area (Å²) < 4.78 is 1.52. The average Bonchev–Trinajstić information content (AvgIpc) is 2.67. The Morgan fingerprint density at radius 1 is 1.10 bits per heavy atom. The van der Waals surface area contributed by atoms with Gasteiger partial charge in [-0.15, -0.1) is 0 Å². The first kappa shape index (κ1) is 20.8. The quantitative estimate of drug-likeness (QED) is 0.649. The lowest BCUT2D eigenvalue weighted by molar-refractivity contribution is -0.872. The largest absolute Gasteiger partial charge is 0.346 e. The van der Waals surface area contributed by atoms with E-state index < -0.39 is 11.3 Å². The predicted molar refractivity (Wildman–Crippen MR) is 114 cm³/mol. The maximum Gasteiger partial charge on any atom is 0.276 e. The van der Waals surface area contributed by atoms with Crippen LogP contribution in [0.5, 0.6) is 0 Å². The molecule has 7 heteroatoms. The minimum Gasteiger partial charge on any atom is -0.346 e. The molecule has 0 aliphatic rings. The van der Waals surface area contributed by atoms with Crippen LogP contribution in [0.15, 0.2) is 59.4 Å². The van der Waals surface area contributed by atoms with Crippen LogP contribution in [0.3, 0.4) is 0 Å². The summed E-state index contributed by atoms with van der Waals surface area (Å²) >= 11 is 6.26. The van der Waals surface area contributed by atoms with Gasteiger partial charge in [-0.25, -0.2) is 4.68 Å². The van der Waals surface area contributed by atoms with Crippen molar-refractivity contribution in [3.05, 3.63) is 92.4 Å². The van der Waals surface area contributed by atoms with Crippen LogP contribution in [-0.2, 0) is 13.1 Å². The summed E-state index contributed by atoms with van der Waals surface area (Å²) in [5.74, 6) is -0.511. The van der Waals surface area contributed by atoms with Crippen LogP contribution in [0.25, 0.3) is 5.69 Å². The van der Waals surface area contributed by atoms with Crippen molar-refractivity contribution in [1.29, 1.82) is 0 Å². The molecule has 0 aliphatic heterocycles. The van der Waals surface area contributed by atoms with E-state index >= 15 is 0 Å². The molecule has 3 rings (SSSR count). The highest BCUT2D eigenvalue weighted by molar-refractivity contribution is 6.32. The lowest BCUT2D eigenvalue weighted by atomic mass is 10.1. The van der Waals surface area contributed by atoms with E-state index in [0.29, 0.717) is 22.9 Å². The lowest BCUT2D eigenvalue weighted by Gasteiger charge is -2.14. The number of rotatable bonds is 6. The molecular formula is C22H24ClN4O2+. The fourth-order valence-electron chi connectivity index (χ4n) is 3.11. The number of aryl methyl sites for hydroxylation is 1. The minimum absolute atomic E-state index is 0.161. The van der Waals surface area contributed by atoms with Crippen LogP contribution in [0, 0.1) is 6.92 Å². The summed E-state index contributed by atoms with van der Waals surface area (Å²) in [6.45, 7) is 2.91. The van der Waals surface area contributed by atoms with Crippen molar-refractivity contribution < 1.29 is 9.69 Å². The second-order valence-corrected chi connectivity index (χ2v) is 7.60. The van der Waals surface area contributed by atoms with E-state index in [1.54, 1.807) is 19.1 Å². The van der Waals surface area contributed by atoms with E-state index in [-0.39, 0.29) is 5.69 Å². The summed E-state index contributed by atoms with van der Waals surface area (Å²) in [6, 6.07) is 16.5. The molecule has 0 spiro atoms. The molecule has 0 atom stereocenters. The number of para-hydroxylation sites is 1. The third kappa shape index (κ3) is 4.91. The van der Waals surface area contributed by atoms with E-state index in [4.69, 9.17) is 11.6 Å². The smallest absolute Gasteiger partial charge is 0.276 e. The summed E-state index contributed by atoms with van der Waals surface area (Å²) in [6.07, 6.45) is 0. The zero-order valence-corrected chi connectivity index (χ0v) is 17.5. The molecule has 1 heterocycles. The van der Waals surface area contributed by atoms with Crippen molar-refractivity contribution in [2.75, 3.05) is 14.1 Å². The van der Waals surface area contributed by atoms with Gasteiger partial charge < -0.3 is 10.2 Å². The van der Waals surface area contributed by atoms with Crippen molar-refractivity contribution in [1.82, 2.24) is 15.1 Å². The Kier molecular flexibility index (Phi) is 6.46. The van der Waals surface area contributed by atoms with Crippen LogP contribution in [0.4, 0.5) is 0 Å². The fourth-order valence-corrected chi connectivity index (χ4v) is 3.33. The Morgan fingerprint density at radius 3 is 2.45 bits per heavy atom. The van der Waals surface area contributed by atoms with Gasteiger partial charge in [0.05, 0.1) is 24.8 Å². The van der Waals surface area contributed by atoms with Crippen LogP contribution in [0.2, 0.25) is 5.02 Å². The second-order valence-electron chi connectivity index (χ2n) is 7.20. The van der Waals surface area contributed by atoms with Crippen molar-refractivity contribution >= 4 is 17.5 Å². The van der Waals surface area contributed by atoms with Crippen LogP contribution < -0.4 is 15.6 Å². The van der Waals surface area contributed by atoms with Gasteiger partial charge in [0, 0.05) is 23.9 Å². The first-order chi connectivity index (χ1) is 13.9. The van der Waals surface area contributed by atoms with Crippen LogP contribution >= 0.6 is 11.6 Å². The maximum atomic E-state index is 12.7. The number of nitrogens with zero attached hydrogens (tertiary/aromatic N) is 2. The molecule has 1 aromatic heterocycles. The number of hydrogen-bond donors (Lipinski definition) is 2. The first-order valence-electron chi connectivity index (χ1n) is 9.36. The Balaban J connectivity index is 1.86. The van der Waals surface area contributed by atoms with E-state index in [0.717, 1.165) is 17.7 Å². The van der Waals surface area contributed by atoms with E-state index in [1.807, 2.05) is 36.4 Å². The summed E-state index contributed by atoms with van der Waals surface area (Å²) in [5.41, 5.74) is 2.79. The van der Waals surface area contributed by atoms with Gasteiger partial charge in [0.2, 0.25) is 5.43 Å². The van der Waals surface area contributed by atoms with Crippen molar-refractivity contribution in [2.24, 2.45) is 0 Å². The molecule has 0 bridgehead atoms. The van der Waals surface area contributed by atoms with Crippen molar-refractivity contribution in [3.63, 3.8) is 0 Å². The third-order valence-electron chi connectivity index (χ3n) is 4.50. The van der Waals surface area contributed by atoms with Crippen molar-refractivity contribution in [3.8, 4) is 5.69 Å². The summed E-state index contributed by atoms with van der Waals surface area (Å²) in [5, 5.41) is 7.60. The van der Waals surface area contributed by atoms with E-state index in [1.165, 1.54) is 15.6 Å². The number of hydrogen-bond acceptors (Lipinski definition) is 3. The number of aromatic nitrogens is 2.